The second kappa shape index (κ2) is 12.8. The summed E-state index contributed by atoms with van der Waals surface area (Å²) in [5, 5.41) is 9.18. The Bertz CT molecular complexity index is 1760. The molecule has 0 unspecified atom stereocenters. The van der Waals surface area contributed by atoms with Gasteiger partial charge in [-0.25, -0.2) is 17.7 Å². The van der Waals surface area contributed by atoms with Crippen molar-refractivity contribution in [2.24, 2.45) is 0 Å². The average molecular weight is 622 g/mol. The Hall–Kier alpha value is -3.91. The maximum atomic E-state index is 12.9. The molecule has 224 valence electrons. The predicted octanol–water partition coefficient (Wildman–Crippen LogP) is 2.37. The van der Waals surface area contributed by atoms with Gasteiger partial charge in [0.25, 0.3) is 5.65 Å². The maximum Gasteiger partial charge on any atom is 0.293 e. The minimum Gasteiger partial charge on any atom is -0.368 e. The van der Waals surface area contributed by atoms with Crippen LogP contribution in [0.1, 0.15) is 35.3 Å². The number of H-pyrrole nitrogens is 1. The highest BCUT2D eigenvalue weighted by molar-refractivity contribution is 7.89. The molecular formula is C29H34ClN10O2S+. The van der Waals surface area contributed by atoms with Crippen LogP contribution < -0.4 is 10.3 Å². The van der Waals surface area contributed by atoms with Crippen molar-refractivity contribution in [3.8, 4) is 0 Å². The van der Waals surface area contributed by atoms with E-state index in [-0.39, 0.29) is 17.8 Å². The van der Waals surface area contributed by atoms with Crippen LogP contribution in [-0.2, 0) is 16.6 Å². The van der Waals surface area contributed by atoms with Gasteiger partial charge in [0, 0.05) is 32.1 Å². The van der Waals surface area contributed by atoms with Crippen molar-refractivity contribution >= 4 is 38.6 Å². The molecule has 6 rings (SSSR count). The van der Waals surface area contributed by atoms with E-state index in [0.29, 0.717) is 62.0 Å². The fourth-order valence-corrected chi connectivity index (χ4v) is 7.53. The minimum atomic E-state index is -3.35. The lowest BCUT2D eigenvalue weighted by atomic mass is 9.91. The Morgan fingerprint density at radius 3 is 2.30 bits per heavy atom. The van der Waals surface area contributed by atoms with Gasteiger partial charge in [-0.3, -0.25) is 4.90 Å². The third kappa shape index (κ3) is 6.25. The number of halogens is 1. The third-order valence-corrected chi connectivity index (χ3v) is 10.1. The fraction of sp³-hybridized carbons (Fsp3) is 0.345. The summed E-state index contributed by atoms with van der Waals surface area (Å²) in [6.07, 6.45) is 5.65. The number of piperazine rings is 1. The molecule has 43 heavy (non-hydrogen) atoms. The van der Waals surface area contributed by atoms with E-state index in [9.17, 15) is 8.42 Å². The number of alkyl halides is 1. The minimum absolute atomic E-state index is 0.0686. The molecule has 5 aromatic rings. The van der Waals surface area contributed by atoms with E-state index < -0.39 is 10.0 Å². The number of nitrogens with one attached hydrogen (secondary N) is 1. The van der Waals surface area contributed by atoms with Gasteiger partial charge in [0.2, 0.25) is 22.2 Å². The van der Waals surface area contributed by atoms with Gasteiger partial charge in [0.05, 0.1) is 24.0 Å². The number of rotatable bonds is 11. The van der Waals surface area contributed by atoms with Crippen molar-refractivity contribution in [1.82, 2.24) is 39.2 Å². The highest BCUT2D eigenvalue weighted by atomic mass is 35.5. The number of anilines is 1. The molecule has 0 saturated carbocycles. The van der Waals surface area contributed by atoms with Crippen LogP contribution in [0.4, 0.5) is 5.82 Å². The topological polar surface area (TPSA) is 143 Å². The summed E-state index contributed by atoms with van der Waals surface area (Å²) in [6, 6.07) is 20.2. The van der Waals surface area contributed by atoms with Gasteiger partial charge in [-0.2, -0.15) is 4.31 Å². The Balaban J connectivity index is 1.34. The lowest BCUT2D eigenvalue weighted by Crippen LogP contribution is -2.51. The second-order valence-electron chi connectivity index (χ2n) is 10.6. The van der Waals surface area contributed by atoms with Crippen LogP contribution in [0.5, 0.6) is 0 Å². The molecule has 0 bridgehead atoms. The monoisotopic (exact) mass is 621 g/mol. The number of benzene rings is 2. The summed E-state index contributed by atoms with van der Waals surface area (Å²) in [4.78, 5) is 14.1. The van der Waals surface area contributed by atoms with E-state index in [1.807, 2.05) is 51.8 Å². The number of sulfonamides is 1. The maximum absolute atomic E-state index is 12.9. The number of hydrogen-bond acceptors (Lipinski definition) is 8. The first-order chi connectivity index (χ1) is 20.9. The highest BCUT2D eigenvalue weighted by Crippen LogP contribution is 2.37. The Labute approximate surface area is 255 Å². The zero-order chi connectivity index (χ0) is 29.8. The van der Waals surface area contributed by atoms with E-state index in [2.05, 4.69) is 54.4 Å². The molecule has 0 radical (unpaired) electrons. The molecule has 4 heterocycles. The standard InChI is InChI=1S/C29H33ClN10O2S/c30-12-7-17-43(41,42)39-15-13-37(14-16-39)26(22-8-3-1-4-9-22)27(23-10-5-2-6-11-23)40-19-24(35-36-40)18-38-21-34-28(31)25-29(38)33-20-32-25/h1-6,8-11,19-21,26-27H,7,12-18H2,(H2,31,32,33)/p+1/t26-,27+/m0/s1. The Morgan fingerprint density at radius 1 is 0.953 bits per heavy atom. The number of aromatic nitrogens is 7. The number of imidazole rings is 1. The lowest BCUT2D eigenvalue weighted by Gasteiger charge is -2.42. The summed E-state index contributed by atoms with van der Waals surface area (Å²) in [5.41, 5.74) is 10.3. The first-order valence-corrected chi connectivity index (χ1v) is 16.3. The molecule has 0 spiro atoms. The molecule has 1 aliphatic rings. The first-order valence-electron chi connectivity index (χ1n) is 14.2. The summed E-state index contributed by atoms with van der Waals surface area (Å²) in [7, 11) is -3.35. The number of aromatic amines is 1. The summed E-state index contributed by atoms with van der Waals surface area (Å²) in [6.45, 7) is 2.39. The molecule has 3 N–H and O–H groups in total. The van der Waals surface area contributed by atoms with E-state index >= 15 is 0 Å². The van der Waals surface area contributed by atoms with Gasteiger partial charge in [0.1, 0.15) is 12.2 Å². The summed E-state index contributed by atoms with van der Waals surface area (Å²) >= 11 is 5.79. The third-order valence-electron chi connectivity index (χ3n) is 7.84. The summed E-state index contributed by atoms with van der Waals surface area (Å²) in [5.74, 6) is 0.779. The highest BCUT2D eigenvalue weighted by Gasteiger charge is 2.36. The SMILES string of the molecule is Nc1nc[n+](Cc2cn([C@H](c3ccccc3)[C@H](c3ccccc3)N3CCN(S(=O)(=O)CCCCl)CC3)nn2)c2nc[nH]c12. The predicted molar refractivity (Wildman–Crippen MR) is 164 cm³/mol. The second-order valence-corrected chi connectivity index (χ2v) is 13.0. The van der Waals surface area contributed by atoms with Crippen LogP contribution in [0.15, 0.2) is 79.5 Å². The van der Waals surface area contributed by atoms with Crippen molar-refractivity contribution in [2.45, 2.75) is 25.0 Å². The Kier molecular flexibility index (Phi) is 8.66. The smallest absolute Gasteiger partial charge is 0.293 e. The van der Waals surface area contributed by atoms with E-state index in [1.54, 1.807) is 17.0 Å². The van der Waals surface area contributed by atoms with Gasteiger partial charge >= 0.3 is 0 Å². The van der Waals surface area contributed by atoms with Crippen LogP contribution in [0.2, 0.25) is 0 Å². The molecule has 1 aliphatic heterocycles. The van der Waals surface area contributed by atoms with Gasteiger partial charge in [-0.1, -0.05) is 75.8 Å². The fourth-order valence-electron chi connectivity index (χ4n) is 5.76. The lowest BCUT2D eigenvalue weighted by molar-refractivity contribution is -0.667. The molecule has 1 fully saturated rings. The average Bonchev–Trinajstić information content (AvgIpc) is 3.72. The van der Waals surface area contributed by atoms with Gasteiger partial charge in [-0.15, -0.1) is 16.7 Å². The van der Waals surface area contributed by atoms with E-state index in [4.69, 9.17) is 17.3 Å². The zero-order valence-electron chi connectivity index (χ0n) is 23.6. The first kappa shape index (κ1) is 29.2. The van der Waals surface area contributed by atoms with Crippen molar-refractivity contribution in [1.29, 1.82) is 0 Å². The molecule has 0 aliphatic carbocycles. The van der Waals surface area contributed by atoms with Crippen molar-refractivity contribution in [3.05, 3.63) is 96.3 Å². The van der Waals surface area contributed by atoms with Crippen LogP contribution in [0.25, 0.3) is 11.2 Å². The Morgan fingerprint density at radius 2 is 1.63 bits per heavy atom. The summed E-state index contributed by atoms with van der Waals surface area (Å²) < 4.78 is 31.2. The van der Waals surface area contributed by atoms with Crippen LogP contribution in [-0.4, -0.2) is 85.4 Å². The van der Waals surface area contributed by atoms with E-state index in [1.165, 1.54) is 0 Å². The van der Waals surface area contributed by atoms with Crippen LogP contribution >= 0.6 is 11.6 Å². The quantitative estimate of drug-likeness (QED) is 0.169. The molecule has 2 atom stereocenters. The molecule has 3 aromatic heterocycles. The number of hydrogen-bond donors (Lipinski definition) is 2. The number of nitrogen functional groups attached to an aromatic ring is 1. The largest absolute Gasteiger partial charge is 0.368 e. The molecule has 14 heteroatoms. The number of nitrogens with two attached hydrogens (primary N) is 1. The molecule has 2 aromatic carbocycles. The van der Waals surface area contributed by atoms with Crippen LogP contribution in [0, 0.1) is 0 Å². The molecule has 0 amide bonds. The molecule has 12 nitrogen and oxygen atoms in total. The van der Waals surface area contributed by atoms with Crippen LogP contribution in [0.3, 0.4) is 0 Å². The van der Waals surface area contributed by atoms with Gasteiger partial charge in [-0.05, 0) is 17.5 Å². The van der Waals surface area contributed by atoms with Crippen molar-refractivity contribution < 1.29 is 13.0 Å². The van der Waals surface area contributed by atoms with Gasteiger partial charge < -0.3 is 10.7 Å². The zero-order valence-corrected chi connectivity index (χ0v) is 25.1. The van der Waals surface area contributed by atoms with Crippen molar-refractivity contribution in [3.63, 3.8) is 0 Å². The number of fused-ring (bicyclic) bond motifs is 1. The van der Waals surface area contributed by atoms with Crippen molar-refractivity contribution in [2.75, 3.05) is 43.5 Å². The van der Waals surface area contributed by atoms with Gasteiger partial charge in [0.15, 0.2) is 11.8 Å². The van der Waals surface area contributed by atoms with E-state index in [0.717, 1.165) is 16.8 Å². The molecular weight excluding hydrogens is 588 g/mol. The molecule has 1 saturated heterocycles. The normalized spacial score (nSPS) is 16.4. The number of nitrogens with zero attached hydrogens (tertiary/aromatic N) is 8.